The average molecular weight is 298 g/mol. The van der Waals surface area contributed by atoms with Crippen molar-refractivity contribution in [1.29, 1.82) is 0 Å². The van der Waals surface area contributed by atoms with Gasteiger partial charge in [0, 0.05) is 31.6 Å². The largest absolute Gasteiger partial charge is 0.481 e. The summed E-state index contributed by atoms with van der Waals surface area (Å²) in [7, 11) is 0. The number of rotatable bonds is 6. The first-order valence-corrected chi connectivity index (χ1v) is 7.96. The van der Waals surface area contributed by atoms with Crippen molar-refractivity contribution in [2.75, 3.05) is 19.7 Å². The van der Waals surface area contributed by atoms with Crippen LogP contribution in [0.15, 0.2) is 0 Å². The molecular formula is C15H26N2O4. The van der Waals surface area contributed by atoms with Gasteiger partial charge in [0.05, 0.1) is 6.61 Å². The zero-order valence-corrected chi connectivity index (χ0v) is 12.7. The Morgan fingerprint density at radius 3 is 2.29 bits per heavy atom. The number of carbonyl (C=O) groups excluding carboxylic acids is 1. The third-order valence-electron chi connectivity index (χ3n) is 4.65. The summed E-state index contributed by atoms with van der Waals surface area (Å²) in [6.45, 7) is 3.04. The Kier molecular flexibility index (Phi) is 5.45. The van der Waals surface area contributed by atoms with E-state index in [1.54, 1.807) is 4.90 Å². The van der Waals surface area contributed by atoms with Gasteiger partial charge in [0.15, 0.2) is 0 Å². The average Bonchev–Trinajstić information content (AvgIpc) is 2.69. The minimum atomic E-state index is -0.743. The van der Waals surface area contributed by atoms with Crippen LogP contribution in [0.1, 0.15) is 45.4 Å². The van der Waals surface area contributed by atoms with Crippen molar-refractivity contribution in [3.8, 4) is 0 Å². The van der Waals surface area contributed by atoms with Crippen LogP contribution in [0.4, 0.5) is 4.79 Å². The van der Waals surface area contributed by atoms with Crippen LogP contribution in [0.5, 0.6) is 0 Å². The van der Waals surface area contributed by atoms with E-state index in [1.165, 1.54) is 0 Å². The highest BCUT2D eigenvalue weighted by atomic mass is 16.4. The van der Waals surface area contributed by atoms with E-state index in [9.17, 15) is 9.59 Å². The summed E-state index contributed by atoms with van der Waals surface area (Å²) in [6, 6.07) is 0.379. The molecule has 2 saturated heterocycles. The third-order valence-corrected chi connectivity index (χ3v) is 4.65. The van der Waals surface area contributed by atoms with Crippen LogP contribution in [0.2, 0.25) is 0 Å². The second-order valence-corrected chi connectivity index (χ2v) is 6.22. The zero-order chi connectivity index (χ0) is 15.4. The number of piperidine rings is 1. The molecule has 2 N–H and O–H groups in total. The van der Waals surface area contributed by atoms with Gasteiger partial charge in [0.2, 0.25) is 0 Å². The molecule has 2 heterocycles. The fourth-order valence-electron chi connectivity index (χ4n) is 3.87. The van der Waals surface area contributed by atoms with Gasteiger partial charge in [-0.1, -0.05) is 6.92 Å². The second-order valence-electron chi connectivity index (χ2n) is 6.22. The Balaban J connectivity index is 2.01. The predicted molar refractivity (Wildman–Crippen MR) is 78.0 cm³/mol. The molecule has 0 radical (unpaired) electrons. The maximum absolute atomic E-state index is 12.7. The lowest BCUT2D eigenvalue weighted by molar-refractivity contribution is -0.138. The van der Waals surface area contributed by atoms with E-state index in [-0.39, 0.29) is 37.1 Å². The normalized spacial score (nSPS) is 27.7. The van der Waals surface area contributed by atoms with E-state index >= 15 is 0 Å². The molecule has 2 aliphatic rings. The Hall–Kier alpha value is -1.30. The molecule has 120 valence electrons. The molecule has 6 heteroatoms. The first kappa shape index (κ1) is 16.1. The first-order chi connectivity index (χ1) is 10.1. The Labute approximate surface area is 125 Å². The van der Waals surface area contributed by atoms with Crippen molar-refractivity contribution in [2.24, 2.45) is 5.92 Å². The molecule has 2 fully saturated rings. The zero-order valence-electron chi connectivity index (χ0n) is 12.7. The number of hydrogen-bond acceptors (Lipinski definition) is 3. The van der Waals surface area contributed by atoms with Crippen LogP contribution in [0.25, 0.3) is 0 Å². The van der Waals surface area contributed by atoms with Gasteiger partial charge in [-0.2, -0.15) is 0 Å². The van der Waals surface area contributed by atoms with Gasteiger partial charge in [0.25, 0.3) is 0 Å². The summed E-state index contributed by atoms with van der Waals surface area (Å²) in [5.41, 5.74) is 0. The number of carboxylic acid groups (broad SMARTS) is 1. The van der Waals surface area contributed by atoms with Crippen molar-refractivity contribution < 1.29 is 19.8 Å². The Bertz CT molecular complexity index is 368. The van der Waals surface area contributed by atoms with Crippen LogP contribution in [0.3, 0.4) is 0 Å². The Morgan fingerprint density at radius 1 is 1.19 bits per heavy atom. The molecule has 0 aromatic rings. The van der Waals surface area contributed by atoms with E-state index in [0.29, 0.717) is 13.1 Å². The molecular weight excluding hydrogens is 272 g/mol. The van der Waals surface area contributed by atoms with Crippen molar-refractivity contribution >= 4 is 12.0 Å². The standard InChI is InChI=1S/C15H26N2O4/c1-2-5-16(6-7-18)15(21)17-12-3-4-13(17)9-11(8-12)10-14(19)20/h11-13,18H,2-10H2,1H3,(H,19,20). The van der Waals surface area contributed by atoms with E-state index in [0.717, 1.165) is 32.1 Å². The summed E-state index contributed by atoms with van der Waals surface area (Å²) in [4.78, 5) is 27.3. The first-order valence-electron chi connectivity index (χ1n) is 7.96. The summed E-state index contributed by atoms with van der Waals surface area (Å²) in [5, 5.41) is 18.1. The van der Waals surface area contributed by atoms with Crippen molar-refractivity contribution in [1.82, 2.24) is 9.80 Å². The van der Waals surface area contributed by atoms with E-state index in [4.69, 9.17) is 10.2 Å². The number of carbonyl (C=O) groups is 2. The molecule has 2 unspecified atom stereocenters. The number of aliphatic hydroxyl groups is 1. The second kappa shape index (κ2) is 7.11. The van der Waals surface area contributed by atoms with Crippen molar-refractivity contribution in [3.63, 3.8) is 0 Å². The maximum Gasteiger partial charge on any atom is 0.320 e. The molecule has 2 amide bonds. The lowest BCUT2D eigenvalue weighted by Gasteiger charge is -2.41. The number of fused-ring (bicyclic) bond motifs is 2. The Morgan fingerprint density at radius 2 is 1.81 bits per heavy atom. The molecule has 0 spiro atoms. The van der Waals surface area contributed by atoms with Gasteiger partial charge in [-0.25, -0.2) is 4.79 Å². The van der Waals surface area contributed by atoms with Crippen molar-refractivity contribution in [3.05, 3.63) is 0 Å². The lowest BCUT2D eigenvalue weighted by Crippen LogP contribution is -2.53. The summed E-state index contributed by atoms with van der Waals surface area (Å²) >= 11 is 0. The van der Waals surface area contributed by atoms with Crippen LogP contribution < -0.4 is 0 Å². The van der Waals surface area contributed by atoms with E-state index in [2.05, 4.69) is 0 Å². The van der Waals surface area contributed by atoms with Crippen molar-refractivity contribution in [2.45, 2.75) is 57.5 Å². The monoisotopic (exact) mass is 298 g/mol. The minimum absolute atomic E-state index is 0.0173. The van der Waals surface area contributed by atoms with Gasteiger partial charge in [-0.15, -0.1) is 0 Å². The topological polar surface area (TPSA) is 81.1 Å². The molecule has 0 saturated carbocycles. The number of urea groups is 1. The molecule has 0 aromatic carbocycles. The van der Waals surface area contributed by atoms with Crippen LogP contribution >= 0.6 is 0 Å². The minimum Gasteiger partial charge on any atom is -0.481 e. The van der Waals surface area contributed by atoms with Crippen LogP contribution in [-0.2, 0) is 4.79 Å². The third kappa shape index (κ3) is 3.67. The SMILES string of the molecule is CCCN(CCO)C(=O)N1C2CCC1CC(CC(=O)O)C2. The summed E-state index contributed by atoms with van der Waals surface area (Å²) in [6.07, 6.45) is 4.64. The smallest absolute Gasteiger partial charge is 0.320 e. The highest BCUT2D eigenvalue weighted by Gasteiger charge is 2.44. The van der Waals surface area contributed by atoms with Crippen LogP contribution in [-0.4, -0.2) is 63.8 Å². The van der Waals surface area contributed by atoms with Gasteiger partial charge >= 0.3 is 12.0 Å². The van der Waals surface area contributed by atoms with Gasteiger partial charge in [0.1, 0.15) is 0 Å². The molecule has 2 rings (SSSR count). The molecule has 6 nitrogen and oxygen atoms in total. The summed E-state index contributed by atoms with van der Waals surface area (Å²) < 4.78 is 0. The van der Waals surface area contributed by atoms with Gasteiger partial charge in [-0.05, 0) is 38.0 Å². The van der Waals surface area contributed by atoms with E-state index in [1.807, 2.05) is 11.8 Å². The number of hydrogen-bond donors (Lipinski definition) is 2. The fraction of sp³-hybridized carbons (Fsp3) is 0.867. The summed E-state index contributed by atoms with van der Waals surface area (Å²) in [5.74, 6) is -0.548. The van der Waals surface area contributed by atoms with E-state index < -0.39 is 5.97 Å². The number of amides is 2. The number of nitrogens with zero attached hydrogens (tertiary/aromatic N) is 2. The molecule has 2 bridgehead atoms. The highest BCUT2D eigenvalue weighted by Crippen LogP contribution is 2.40. The maximum atomic E-state index is 12.7. The quantitative estimate of drug-likeness (QED) is 0.779. The number of aliphatic hydroxyl groups excluding tert-OH is 1. The number of carboxylic acids is 1. The highest BCUT2D eigenvalue weighted by molar-refractivity contribution is 5.76. The predicted octanol–water partition coefficient (Wildman–Crippen LogP) is 1.53. The molecule has 21 heavy (non-hydrogen) atoms. The van der Waals surface area contributed by atoms with Crippen LogP contribution in [0, 0.1) is 5.92 Å². The fourth-order valence-corrected chi connectivity index (χ4v) is 3.87. The molecule has 2 aliphatic heterocycles. The molecule has 2 atom stereocenters. The number of aliphatic carboxylic acids is 1. The van der Waals surface area contributed by atoms with Gasteiger partial charge in [-0.3, -0.25) is 4.79 Å². The molecule has 0 aliphatic carbocycles. The van der Waals surface area contributed by atoms with Gasteiger partial charge < -0.3 is 20.0 Å². The molecule has 0 aromatic heterocycles. The lowest BCUT2D eigenvalue weighted by atomic mass is 9.88.